The van der Waals surface area contributed by atoms with Gasteiger partial charge in [-0.15, -0.1) is 10.2 Å². The monoisotopic (exact) mass is 490 g/mol. The van der Waals surface area contributed by atoms with Gasteiger partial charge in [0.05, 0.1) is 10.5 Å². The van der Waals surface area contributed by atoms with Gasteiger partial charge in [0.25, 0.3) is 0 Å². The van der Waals surface area contributed by atoms with Crippen LogP contribution in [0.5, 0.6) is 0 Å². The molecule has 13 heteroatoms. The maximum Gasteiger partial charge on any atom is 0.321 e. The van der Waals surface area contributed by atoms with E-state index in [1.165, 1.54) is 11.3 Å². The van der Waals surface area contributed by atoms with Crippen molar-refractivity contribution in [2.45, 2.75) is 85.6 Å². The van der Waals surface area contributed by atoms with Crippen molar-refractivity contribution in [3.05, 3.63) is 0 Å². The molecular weight excluding hydrogens is 460 g/mol. The minimum Gasteiger partial charge on any atom is -0.333 e. The summed E-state index contributed by atoms with van der Waals surface area (Å²) >= 11 is 3.54. The largest absolute Gasteiger partial charge is 0.333 e. The van der Waals surface area contributed by atoms with E-state index in [-0.39, 0.29) is 0 Å². The Balaban J connectivity index is 2.55. The SMILES string of the molecule is C[C@H](Sc1nnc(S[C@@H](C)C(=O)NC(=O)NC(C)(C)C)s1)C(=O)NC(=O)NC(C)(C)C. The summed E-state index contributed by atoms with van der Waals surface area (Å²) in [6.07, 6.45) is 0. The summed E-state index contributed by atoms with van der Waals surface area (Å²) in [7, 11) is 0. The Morgan fingerprint density at radius 1 is 0.742 bits per heavy atom. The van der Waals surface area contributed by atoms with E-state index in [1.54, 1.807) is 13.8 Å². The topological polar surface area (TPSA) is 142 Å². The number of imide groups is 2. The molecule has 0 saturated carbocycles. The molecule has 0 spiro atoms. The predicted octanol–water partition coefficient (Wildman–Crippen LogP) is 2.75. The van der Waals surface area contributed by atoms with Crippen LogP contribution in [0.2, 0.25) is 0 Å². The van der Waals surface area contributed by atoms with Gasteiger partial charge in [0.15, 0.2) is 8.68 Å². The number of hydrogen-bond donors (Lipinski definition) is 4. The van der Waals surface area contributed by atoms with E-state index in [0.717, 1.165) is 23.5 Å². The van der Waals surface area contributed by atoms with Crippen molar-refractivity contribution < 1.29 is 19.2 Å². The van der Waals surface area contributed by atoms with Crippen LogP contribution in [-0.2, 0) is 9.59 Å². The summed E-state index contributed by atoms with van der Waals surface area (Å²) in [5.41, 5.74) is -0.912. The summed E-state index contributed by atoms with van der Waals surface area (Å²) in [6, 6.07) is -1.12. The van der Waals surface area contributed by atoms with E-state index in [9.17, 15) is 19.2 Å². The van der Waals surface area contributed by atoms with Gasteiger partial charge in [-0.05, 0) is 55.4 Å². The van der Waals surface area contributed by atoms with E-state index in [2.05, 4.69) is 31.5 Å². The van der Waals surface area contributed by atoms with Gasteiger partial charge in [-0.25, -0.2) is 9.59 Å². The second kappa shape index (κ2) is 11.1. The predicted molar refractivity (Wildman–Crippen MR) is 123 cm³/mol. The highest BCUT2D eigenvalue weighted by atomic mass is 32.2. The van der Waals surface area contributed by atoms with Gasteiger partial charge in [-0.2, -0.15) is 0 Å². The van der Waals surface area contributed by atoms with Crippen LogP contribution in [0.25, 0.3) is 0 Å². The number of urea groups is 2. The Bertz CT molecular complexity index is 751. The lowest BCUT2D eigenvalue weighted by molar-refractivity contribution is -0.120. The van der Waals surface area contributed by atoms with Crippen molar-refractivity contribution in [2.24, 2.45) is 0 Å². The highest BCUT2D eigenvalue weighted by molar-refractivity contribution is 8.04. The molecule has 0 unspecified atom stereocenters. The first-order valence-electron chi connectivity index (χ1n) is 9.48. The molecule has 1 heterocycles. The lowest BCUT2D eigenvalue weighted by Crippen LogP contribution is -2.49. The van der Waals surface area contributed by atoms with Crippen LogP contribution < -0.4 is 21.3 Å². The zero-order valence-electron chi connectivity index (χ0n) is 18.9. The van der Waals surface area contributed by atoms with Crippen LogP contribution in [0.1, 0.15) is 55.4 Å². The number of nitrogens with zero attached hydrogens (tertiary/aromatic N) is 2. The molecule has 1 aromatic heterocycles. The first-order chi connectivity index (χ1) is 14.1. The summed E-state index contributed by atoms with van der Waals surface area (Å²) in [6.45, 7) is 14.2. The van der Waals surface area contributed by atoms with Crippen LogP contribution in [0.3, 0.4) is 0 Å². The van der Waals surface area contributed by atoms with Crippen LogP contribution in [0, 0.1) is 0 Å². The average Bonchev–Trinajstić information content (AvgIpc) is 2.97. The van der Waals surface area contributed by atoms with Gasteiger partial charge < -0.3 is 10.6 Å². The third-order valence-corrected chi connectivity index (χ3v) is 6.42. The number of rotatable bonds is 6. The molecular formula is C18H30N6O4S3. The summed E-state index contributed by atoms with van der Waals surface area (Å²) < 4.78 is 1.05. The van der Waals surface area contributed by atoms with Crippen molar-refractivity contribution in [1.29, 1.82) is 0 Å². The molecule has 0 aliphatic rings. The number of carbonyl (C=O) groups excluding carboxylic acids is 4. The van der Waals surface area contributed by atoms with Crippen molar-refractivity contribution >= 4 is 58.7 Å². The van der Waals surface area contributed by atoms with Gasteiger partial charge in [0, 0.05) is 11.1 Å². The van der Waals surface area contributed by atoms with Crippen molar-refractivity contribution in [3.63, 3.8) is 0 Å². The second-order valence-corrected chi connectivity index (χ2v) is 12.9. The molecule has 1 rings (SSSR count). The zero-order chi connectivity index (χ0) is 24.0. The fourth-order valence-electron chi connectivity index (χ4n) is 1.87. The fourth-order valence-corrected chi connectivity index (χ4v) is 5.18. The van der Waals surface area contributed by atoms with Crippen LogP contribution >= 0.6 is 34.9 Å². The summed E-state index contributed by atoms with van der Waals surface area (Å²) in [4.78, 5) is 48.0. The third-order valence-electron chi connectivity index (χ3n) is 3.13. The van der Waals surface area contributed by atoms with E-state index in [4.69, 9.17) is 0 Å². The van der Waals surface area contributed by atoms with Crippen molar-refractivity contribution in [2.75, 3.05) is 0 Å². The molecule has 0 aromatic carbocycles. The van der Waals surface area contributed by atoms with Gasteiger partial charge in [0.1, 0.15) is 0 Å². The average molecular weight is 491 g/mol. The zero-order valence-corrected chi connectivity index (χ0v) is 21.4. The molecule has 31 heavy (non-hydrogen) atoms. The molecule has 0 aliphatic carbocycles. The van der Waals surface area contributed by atoms with E-state index in [1.807, 2.05) is 41.5 Å². The molecule has 6 amide bonds. The lowest BCUT2D eigenvalue weighted by Gasteiger charge is -2.21. The summed E-state index contributed by atoms with van der Waals surface area (Å²) in [5.74, 6) is -0.900. The highest BCUT2D eigenvalue weighted by Gasteiger charge is 2.24. The van der Waals surface area contributed by atoms with Crippen LogP contribution in [0.15, 0.2) is 8.68 Å². The molecule has 4 N–H and O–H groups in total. The minimum absolute atomic E-state index is 0.450. The van der Waals surface area contributed by atoms with Gasteiger partial charge >= 0.3 is 12.1 Å². The van der Waals surface area contributed by atoms with Crippen molar-refractivity contribution in [3.8, 4) is 0 Å². The molecule has 2 atom stereocenters. The molecule has 0 aliphatic heterocycles. The number of thioether (sulfide) groups is 2. The third kappa shape index (κ3) is 11.4. The number of carbonyl (C=O) groups is 4. The molecule has 0 saturated heterocycles. The van der Waals surface area contributed by atoms with E-state index < -0.39 is 45.5 Å². The maximum atomic E-state index is 12.2. The van der Waals surface area contributed by atoms with Crippen LogP contribution in [0.4, 0.5) is 9.59 Å². The lowest BCUT2D eigenvalue weighted by atomic mass is 10.1. The maximum absolute atomic E-state index is 12.2. The standard InChI is InChI=1S/C18H30N6O4S3/c1-9(11(25)19-13(27)21-17(3,4)5)29-15-23-24-16(31-15)30-10(2)12(26)20-14(28)22-18(6,7)8/h9-10H,1-8H3,(H2,19,21,25,27)(H2,20,22,26,28)/t9-,10-/m0/s1. The first kappa shape index (κ1) is 27.2. The van der Waals surface area contributed by atoms with Crippen molar-refractivity contribution in [1.82, 2.24) is 31.5 Å². The first-order valence-corrected chi connectivity index (χ1v) is 12.1. The normalized spacial score (nSPS) is 13.7. The molecule has 0 bridgehead atoms. The minimum atomic E-state index is -0.571. The number of aromatic nitrogens is 2. The molecule has 10 nitrogen and oxygen atoms in total. The molecule has 174 valence electrons. The Hall–Kier alpha value is -1.86. The van der Waals surface area contributed by atoms with Gasteiger partial charge in [-0.1, -0.05) is 34.9 Å². The highest BCUT2D eigenvalue weighted by Crippen LogP contribution is 2.33. The number of amides is 6. The molecule has 0 radical (unpaired) electrons. The van der Waals surface area contributed by atoms with E-state index >= 15 is 0 Å². The second-order valence-electron chi connectivity index (χ2n) is 8.74. The Morgan fingerprint density at radius 3 is 1.35 bits per heavy atom. The number of nitrogens with one attached hydrogen (secondary N) is 4. The smallest absolute Gasteiger partial charge is 0.321 e. The number of hydrogen-bond acceptors (Lipinski definition) is 9. The van der Waals surface area contributed by atoms with E-state index in [0.29, 0.717) is 8.68 Å². The Morgan fingerprint density at radius 2 is 1.06 bits per heavy atom. The molecule has 0 fully saturated rings. The summed E-state index contributed by atoms with van der Waals surface area (Å²) in [5, 5.41) is 16.8. The van der Waals surface area contributed by atoms with Gasteiger partial charge in [-0.3, -0.25) is 20.2 Å². The Kier molecular flexibility index (Phi) is 9.76. The quantitative estimate of drug-likeness (QED) is 0.446. The van der Waals surface area contributed by atoms with Crippen LogP contribution in [-0.4, -0.2) is 55.7 Å². The fraction of sp³-hybridized carbons (Fsp3) is 0.667. The Labute approximate surface area is 194 Å². The molecule has 1 aromatic rings. The van der Waals surface area contributed by atoms with Gasteiger partial charge in [0.2, 0.25) is 11.8 Å².